The van der Waals surface area contributed by atoms with Crippen LogP contribution in [-0.2, 0) is 0 Å². The van der Waals surface area contributed by atoms with Crippen LogP contribution in [0.1, 0.15) is 61.2 Å². The average molecular weight is 779 g/mol. The van der Waals surface area contributed by atoms with Gasteiger partial charge in [0.1, 0.15) is 0 Å². The molecule has 8 rings (SSSR count). The Morgan fingerprint density at radius 2 is 0.684 bits per heavy atom. The molecule has 0 bridgehead atoms. The van der Waals surface area contributed by atoms with Crippen LogP contribution in [0.4, 0.5) is 0 Å². The van der Waals surface area contributed by atoms with E-state index in [1.807, 2.05) is 0 Å². The van der Waals surface area contributed by atoms with Gasteiger partial charge in [-0.2, -0.15) is 0 Å². The molecule has 0 unspecified atom stereocenters. The topological polar surface area (TPSA) is 0 Å². The second kappa shape index (κ2) is 16.9. The number of rotatable bonds is 6. The van der Waals surface area contributed by atoms with Crippen molar-refractivity contribution in [3.05, 3.63) is 195 Å². The summed E-state index contributed by atoms with van der Waals surface area (Å²) >= 11 is 0. The predicted molar refractivity (Wildman–Crippen MR) is 258 cm³/mol. The molecule has 8 aromatic carbocycles. The van der Waals surface area contributed by atoms with Crippen molar-refractivity contribution in [1.82, 2.24) is 0 Å². The molecule has 0 aliphatic heterocycles. The predicted octanol–water partition coefficient (Wildman–Crippen LogP) is 13.1. The molecule has 2 heteroatoms. The maximum absolute atomic E-state index is 2.44. The second-order valence-corrected chi connectivity index (χ2v) is 20.2. The van der Waals surface area contributed by atoms with Gasteiger partial charge >= 0.3 is 0 Å². The highest BCUT2D eigenvalue weighted by Gasteiger charge is 2.25. The van der Waals surface area contributed by atoms with Gasteiger partial charge in [-0.05, 0) is 149 Å². The molecule has 0 atom stereocenters. The zero-order valence-electron chi connectivity index (χ0n) is 35.6. The maximum atomic E-state index is 2.44. The summed E-state index contributed by atoms with van der Waals surface area (Å²) in [6.45, 7) is 24.2. The van der Waals surface area contributed by atoms with Gasteiger partial charge in [0.05, 0.1) is 0 Å². The summed E-state index contributed by atoms with van der Waals surface area (Å²) in [6.07, 6.45) is 0. The van der Waals surface area contributed by atoms with Gasteiger partial charge in [0, 0.05) is 0 Å². The van der Waals surface area contributed by atoms with E-state index in [0.717, 1.165) is 8.58 Å². The molecule has 0 spiro atoms. The van der Waals surface area contributed by atoms with E-state index in [9.17, 15) is 0 Å². The van der Waals surface area contributed by atoms with E-state index < -0.39 is 7.92 Å². The lowest BCUT2D eigenvalue weighted by Gasteiger charge is -2.26. The third-order valence-electron chi connectivity index (χ3n) is 10.7. The Hall–Kier alpha value is -4.86. The number of hydrogen-bond donors (Lipinski definition) is 0. The highest BCUT2D eigenvalue weighted by molar-refractivity contribution is 7.80. The molecule has 0 aliphatic carbocycles. The van der Waals surface area contributed by atoms with E-state index in [1.165, 1.54) is 120 Å². The summed E-state index contributed by atoms with van der Waals surface area (Å²) < 4.78 is 0. The van der Waals surface area contributed by atoms with Crippen molar-refractivity contribution >= 4 is 64.6 Å². The third kappa shape index (κ3) is 9.31. The van der Waals surface area contributed by atoms with Crippen LogP contribution in [0.3, 0.4) is 0 Å². The van der Waals surface area contributed by atoms with Gasteiger partial charge in [-0.1, -0.05) is 198 Å². The molecule has 0 nitrogen and oxygen atoms in total. The standard InChI is InChI=1S/C39H37P.C16H19P/c1-24-8-13-35-31(18-24)11-10-30(7)38(35)39-36-14-9-25(2)19-32(36)12-15-37(39)40(33-20-26(3)16-27(4)21-33)34-22-28(5)17-29(6)23-34;1-11-5-12(2)8-15(7-11)17-16-9-13(3)6-14(4)10-16/h8-23H,1-7H3;5-10,17H,1-4H3. The molecule has 0 saturated carbocycles. The lowest BCUT2D eigenvalue weighted by molar-refractivity contribution is 1.40. The van der Waals surface area contributed by atoms with E-state index in [2.05, 4.69) is 210 Å². The summed E-state index contributed by atoms with van der Waals surface area (Å²) in [7, 11) is -0.0478. The molecular weight excluding hydrogens is 723 g/mol. The maximum Gasteiger partial charge on any atom is -0.00128 e. The highest BCUT2D eigenvalue weighted by atomic mass is 31.1. The Morgan fingerprint density at radius 1 is 0.316 bits per heavy atom. The van der Waals surface area contributed by atoms with Crippen molar-refractivity contribution in [2.75, 3.05) is 0 Å². The van der Waals surface area contributed by atoms with Crippen molar-refractivity contribution in [2.45, 2.75) is 76.2 Å². The van der Waals surface area contributed by atoms with Gasteiger partial charge in [-0.15, -0.1) is 0 Å². The van der Waals surface area contributed by atoms with Crippen LogP contribution in [0.25, 0.3) is 32.7 Å². The minimum absolute atomic E-state index is 0.762. The molecule has 57 heavy (non-hydrogen) atoms. The zero-order chi connectivity index (χ0) is 40.5. The Labute approximate surface area is 345 Å². The van der Waals surface area contributed by atoms with Crippen molar-refractivity contribution in [3.63, 3.8) is 0 Å². The minimum atomic E-state index is -0.810. The fourth-order valence-corrected chi connectivity index (χ4v) is 13.0. The van der Waals surface area contributed by atoms with Crippen molar-refractivity contribution < 1.29 is 0 Å². The molecular formula is C55H56P2. The van der Waals surface area contributed by atoms with Crippen LogP contribution in [-0.4, -0.2) is 0 Å². The van der Waals surface area contributed by atoms with Crippen LogP contribution in [0.5, 0.6) is 0 Å². The summed E-state index contributed by atoms with van der Waals surface area (Å²) in [5.74, 6) is 0. The lowest BCUT2D eigenvalue weighted by Crippen LogP contribution is -2.23. The lowest BCUT2D eigenvalue weighted by atomic mass is 9.90. The molecule has 0 aromatic heterocycles. The summed E-state index contributed by atoms with van der Waals surface area (Å²) in [6, 6.07) is 51.2. The van der Waals surface area contributed by atoms with Gasteiger partial charge < -0.3 is 0 Å². The molecule has 0 aliphatic rings. The monoisotopic (exact) mass is 778 g/mol. The van der Waals surface area contributed by atoms with Gasteiger partial charge in [0.25, 0.3) is 0 Å². The Bertz CT molecular complexity index is 2600. The molecule has 0 heterocycles. The van der Waals surface area contributed by atoms with Crippen molar-refractivity contribution in [2.24, 2.45) is 0 Å². The SMILES string of the molecule is Cc1cc(C)cc(P(c2cc(C)cc(C)c2)c2ccc3cc(C)ccc3c2-c2c(C)ccc3cc(C)ccc23)c1.Cc1cc(C)cc(Pc2cc(C)cc(C)c2)c1. The number of fused-ring (bicyclic) bond motifs is 2. The molecule has 0 N–H and O–H groups in total. The fraction of sp³-hybridized carbons (Fsp3) is 0.200. The normalized spacial score (nSPS) is 11.3. The molecule has 286 valence electrons. The van der Waals surface area contributed by atoms with E-state index in [4.69, 9.17) is 0 Å². The van der Waals surface area contributed by atoms with Crippen LogP contribution in [0.15, 0.2) is 133 Å². The molecule has 0 amide bonds. The first-order chi connectivity index (χ1) is 27.2. The van der Waals surface area contributed by atoms with Crippen LogP contribution >= 0.6 is 16.5 Å². The zero-order valence-corrected chi connectivity index (χ0v) is 37.5. The summed E-state index contributed by atoms with van der Waals surface area (Å²) in [5.41, 5.74) is 17.4. The average Bonchev–Trinajstić information content (AvgIpc) is 3.10. The van der Waals surface area contributed by atoms with E-state index in [-0.39, 0.29) is 0 Å². The first-order valence-electron chi connectivity index (χ1n) is 20.1. The summed E-state index contributed by atoms with van der Waals surface area (Å²) in [4.78, 5) is 0. The minimum Gasteiger partial charge on any atom is -0.0591 e. The first-order valence-corrected chi connectivity index (χ1v) is 22.5. The van der Waals surface area contributed by atoms with E-state index in [0.29, 0.717) is 0 Å². The first kappa shape index (κ1) is 40.3. The second-order valence-electron chi connectivity index (χ2n) is 16.6. The molecule has 0 fully saturated rings. The Kier molecular flexibility index (Phi) is 12.0. The highest BCUT2D eigenvalue weighted by Crippen LogP contribution is 2.44. The third-order valence-corrected chi connectivity index (χ3v) is 14.2. The molecule has 0 radical (unpaired) electrons. The number of benzene rings is 8. The van der Waals surface area contributed by atoms with E-state index >= 15 is 0 Å². The molecule has 0 saturated heterocycles. The largest absolute Gasteiger partial charge is 0.0591 e. The Morgan fingerprint density at radius 3 is 1.11 bits per heavy atom. The van der Waals surface area contributed by atoms with Gasteiger partial charge in [-0.3, -0.25) is 0 Å². The van der Waals surface area contributed by atoms with E-state index in [1.54, 1.807) is 0 Å². The number of hydrogen-bond acceptors (Lipinski definition) is 0. The fourth-order valence-electron chi connectivity index (χ4n) is 8.62. The summed E-state index contributed by atoms with van der Waals surface area (Å²) in [5, 5.41) is 12.4. The van der Waals surface area contributed by atoms with Gasteiger partial charge in [0.15, 0.2) is 0 Å². The van der Waals surface area contributed by atoms with Gasteiger partial charge in [-0.25, -0.2) is 0 Å². The van der Waals surface area contributed by atoms with Crippen molar-refractivity contribution in [1.29, 1.82) is 0 Å². The van der Waals surface area contributed by atoms with Crippen LogP contribution in [0.2, 0.25) is 0 Å². The molecule has 8 aromatic rings. The number of aryl methyl sites for hydroxylation is 11. The quantitative estimate of drug-likeness (QED) is 0.148. The van der Waals surface area contributed by atoms with Crippen LogP contribution < -0.4 is 26.5 Å². The smallest absolute Gasteiger partial charge is 0.00128 e. The van der Waals surface area contributed by atoms with Crippen LogP contribution in [0, 0.1) is 76.2 Å². The Balaban J connectivity index is 0.000000244. The van der Waals surface area contributed by atoms with Crippen molar-refractivity contribution in [3.8, 4) is 11.1 Å². The van der Waals surface area contributed by atoms with Gasteiger partial charge in [0.2, 0.25) is 0 Å².